The van der Waals surface area contributed by atoms with E-state index in [-0.39, 0.29) is 17.5 Å². The average molecular weight is 348 g/mol. The number of carbonyl (C=O) groups is 1. The van der Waals surface area contributed by atoms with E-state index in [0.717, 1.165) is 18.5 Å². The molecule has 0 atom stereocenters. The van der Waals surface area contributed by atoms with Crippen LogP contribution in [0.1, 0.15) is 36.8 Å². The zero-order chi connectivity index (χ0) is 17.9. The number of amides is 1. The number of aryl methyl sites for hydroxylation is 1. The molecule has 0 aliphatic heterocycles. The number of hydrogen-bond donors (Lipinski definition) is 1. The van der Waals surface area contributed by atoms with Crippen LogP contribution in [-0.2, 0) is 17.8 Å². The molecule has 1 aliphatic carbocycles. The summed E-state index contributed by atoms with van der Waals surface area (Å²) in [5.41, 5.74) is 1.51. The fourth-order valence-electron chi connectivity index (χ4n) is 3.08. The Kier molecular flexibility index (Phi) is 4.48. The minimum Gasteiger partial charge on any atom is -0.350 e. The van der Waals surface area contributed by atoms with E-state index >= 15 is 0 Å². The Labute approximate surface area is 150 Å². The summed E-state index contributed by atoms with van der Waals surface area (Å²) >= 11 is 0. The van der Waals surface area contributed by atoms with Crippen molar-refractivity contribution in [3.05, 3.63) is 70.5 Å². The largest absolute Gasteiger partial charge is 0.350 e. The van der Waals surface area contributed by atoms with Crippen LogP contribution in [0, 0.1) is 0 Å². The van der Waals surface area contributed by atoms with Crippen molar-refractivity contribution in [2.75, 3.05) is 0 Å². The summed E-state index contributed by atoms with van der Waals surface area (Å²) in [5, 5.41) is 3.51. The Bertz CT molecular complexity index is 994. The predicted molar refractivity (Wildman–Crippen MR) is 98.7 cm³/mol. The first kappa shape index (κ1) is 16.4. The maximum atomic E-state index is 12.8. The van der Waals surface area contributed by atoms with Gasteiger partial charge in [0.05, 0.1) is 23.1 Å². The molecule has 0 saturated heterocycles. The van der Waals surface area contributed by atoms with Crippen molar-refractivity contribution < 1.29 is 4.79 Å². The molecule has 2 aromatic heterocycles. The maximum absolute atomic E-state index is 12.8. The normalized spacial score (nSPS) is 13.7. The molecule has 132 valence electrons. The van der Waals surface area contributed by atoms with E-state index in [4.69, 9.17) is 0 Å². The zero-order valence-electron chi connectivity index (χ0n) is 14.4. The highest BCUT2D eigenvalue weighted by atomic mass is 16.1. The Hall–Kier alpha value is -3.02. The zero-order valence-corrected chi connectivity index (χ0v) is 14.4. The molecule has 1 saturated carbocycles. The maximum Gasteiger partial charge on any atom is 0.261 e. The highest BCUT2D eigenvalue weighted by molar-refractivity contribution is 5.78. The topological polar surface area (TPSA) is 76.9 Å². The molecule has 0 radical (unpaired) electrons. The number of fused-ring (bicyclic) bond motifs is 1. The minimum absolute atomic E-state index is 0.00185. The van der Waals surface area contributed by atoms with Crippen LogP contribution >= 0.6 is 0 Å². The summed E-state index contributed by atoms with van der Waals surface area (Å²) in [6.45, 7) is 0.403. The van der Waals surface area contributed by atoms with Gasteiger partial charge in [-0.25, -0.2) is 4.98 Å². The second kappa shape index (κ2) is 7.07. The van der Waals surface area contributed by atoms with Crippen molar-refractivity contribution in [2.45, 2.75) is 38.3 Å². The number of benzene rings is 1. The number of nitrogens with zero attached hydrogens (tertiary/aromatic N) is 3. The molecule has 4 rings (SSSR count). The molecule has 26 heavy (non-hydrogen) atoms. The lowest BCUT2D eigenvalue weighted by Crippen LogP contribution is -2.27. The lowest BCUT2D eigenvalue weighted by Gasteiger charge is -2.12. The van der Waals surface area contributed by atoms with Crippen molar-refractivity contribution in [2.24, 2.45) is 0 Å². The third-order valence-electron chi connectivity index (χ3n) is 4.56. The van der Waals surface area contributed by atoms with Gasteiger partial charge in [0.15, 0.2) is 0 Å². The van der Waals surface area contributed by atoms with Gasteiger partial charge in [0.25, 0.3) is 5.56 Å². The molecule has 1 aromatic carbocycles. The van der Waals surface area contributed by atoms with Crippen molar-refractivity contribution in [1.82, 2.24) is 19.9 Å². The number of para-hydroxylation sites is 1. The summed E-state index contributed by atoms with van der Waals surface area (Å²) in [5.74, 6) is 0.629. The third kappa shape index (κ3) is 3.49. The standard InChI is InChI=1S/C20H20N4O2/c25-19(22-13-14-5-3-4-12-21-14)11-10-18-23-17-7-2-1-6-16(17)20(26)24(18)15-8-9-15/h1-7,12,15H,8-11,13H2,(H,22,25). The third-order valence-corrected chi connectivity index (χ3v) is 4.56. The molecule has 3 aromatic rings. The minimum atomic E-state index is -0.0691. The van der Waals surface area contributed by atoms with Crippen LogP contribution in [0.3, 0.4) is 0 Å². The first-order chi connectivity index (χ1) is 12.7. The average Bonchev–Trinajstić information content (AvgIpc) is 3.50. The molecule has 0 unspecified atom stereocenters. The van der Waals surface area contributed by atoms with Gasteiger partial charge in [-0.15, -0.1) is 0 Å². The van der Waals surface area contributed by atoms with E-state index in [1.807, 2.05) is 42.5 Å². The van der Waals surface area contributed by atoms with Gasteiger partial charge in [0.2, 0.25) is 5.91 Å². The second-order valence-corrected chi connectivity index (χ2v) is 6.55. The van der Waals surface area contributed by atoms with E-state index in [1.54, 1.807) is 10.8 Å². The van der Waals surface area contributed by atoms with E-state index in [2.05, 4.69) is 15.3 Å². The second-order valence-electron chi connectivity index (χ2n) is 6.55. The lowest BCUT2D eigenvalue weighted by atomic mass is 10.2. The van der Waals surface area contributed by atoms with Crippen molar-refractivity contribution >= 4 is 16.8 Å². The molecule has 1 N–H and O–H groups in total. The van der Waals surface area contributed by atoms with Crippen molar-refractivity contribution in [3.63, 3.8) is 0 Å². The number of carbonyl (C=O) groups excluding carboxylic acids is 1. The van der Waals surface area contributed by atoms with Crippen LogP contribution in [0.2, 0.25) is 0 Å². The monoisotopic (exact) mass is 348 g/mol. The quantitative estimate of drug-likeness (QED) is 0.742. The van der Waals surface area contributed by atoms with E-state index in [0.29, 0.717) is 36.1 Å². The van der Waals surface area contributed by atoms with Gasteiger partial charge in [-0.2, -0.15) is 0 Å². The van der Waals surface area contributed by atoms with Crippen molar-refractivity contribution in [1.29, 1.82) is 0 Å². The van der Waals surface area contributed by atoms with Crippen LogP contribution in [0.4, 0.5) is 0 Å². The van der Waals surface area contributed by atoms with Gasteiger partial charge < -0.3 is 5.32 Å². The van der Waals surface area contributed by atoms with Gasteiger partial charge >= 0.3 is 0 Å². The molecule has 1 fully saturated rings. The molecular formula is C20H20N4O2. The summed E-state index contributed by atoms with van der Waals surface area (Å²) in [6, 6.07) is 13.2. The first-order valence-corrected chi connectivity index (χ1v) is 8.89. The summed E-state index contributed by atoms with van der Waals surface area (Å²) in [6.07, 6.45) is 4.45. The Morgan fingerprint density at radius 2 is 1.96 bits per heavy atom. The molecule has 6 heteroatoms. The predicted octanol–water partition coefficient (Wildman–Crippen LogP) is 2.38. The molecule has 2 heterocycles. The number of hydrogen-bond acceptors (Lipinski definition) is 4. The molecular weight excluding hydrogens is 328 g/mol. The van der Waals surface area contributed by atoms with Gasteiger partial charge in [-0.1, -0.05) is 18.2 Å². The van der Waals surface area contributed by atoms with Gasteiger partial charge in [-0.05, 0) is 37.1 Å². The molecule has 0 spiro atoms. The van der Waals surface area contributed by atoms with E-state index < -0.39 is 0 Å². The van der Waals surface area contributed by atoms with Crippen LogP contribution in [0.5, 0.6) is 0 Å². The summed E-state index contributed by atoms with van der Waals surface area (Å²) < 4.78 is 1.79. The number of aromatic nitrogens is 3. The number of rotatable bonds is 6. The van der Waals surface area contributed by atoms with Crippen LogP contribution in [0.15, 0.2) is 53.5 Å². The first-order valence-electron chi connectivity index (χ1n) is 8.89. The summed E-state index contributed by atoms with van der Waals surface area (Å²) in [7, 11) is 0. The summed E-state index contributed by atoms with van der Waals surface area (Å²) in [4.78, 5) is 33.8. The van der Waals surface area contributed by atoms with Crippen LogP contribution in [-0.4, -0.2) is 20.4 Å². The number of nitrogens with one attached hydrogen (secondary N) is 1. The molecule has 1 aliphatic rings. The Morgan fingerprint density at radius 3 is 2.73 bits per heavy atom. The lowest BCUT2D eigenvalue weighted by molar-refractivity contribution is -0.121. The van der Waals surface area contributed by atoms with Crippen molar-refractivity contribution in [3.8, 4) is 0 Å². The molecule has 0 bridgehead atoms. The smallest absolute Gasteiger partial charge is 0.261 e. The van der Waals surface area contributed by atoms with Gasteiger partial charge in [-0.3, -0.25) is 19.1 Å². The Morgan fingerprint density at radius 1 is 1.15 bits per heavy atom. The number of pyridine rings is 1. The molecule has 1 amide bonds. The molecule has 6 nitrogen and oxygen atoms in total. The van der Waals surface area contributed by atoms with Crippen LogP contribution in [0.25, 0.3) is 10.9 Å². The van der Waals surface area contributed by atoms with Gasteiger partial charge in [0, 0.05) is 25.1 Å². The van der Waals surface area contributed by atoms with Gasteiger partial charge in [0.1, 0.15) is 5.82 Å². The SMILES string of the molecule is O=C(CCc1nc2ccccc2c(=O)n1C1CC1)NCc1ccccn1. The van der Waals surface area contributed by atoms with E-state index in [9.17, 15) is 9.59 Å². The highest BCUT2D eigenvalue weighted by Crippen LogP contribution is 2.34. The van der Waals surface area contributed by atoms with Crippen LogP contribution < -0.4 is 10.9 Å². The fraction of sp³-hybridized carbons (Fsp3) is 0.300. The Balaban J connectivity index is 1.49. The highest BCUT2D eigenvalue weighted by Gasteiger charge is 2.28. The van der Waals surface area contributed by atoms with E-state index in [1.165, 1.54) is 0 Å². The fourth-order valence-corrected chi connectivity index (χ4v) is 3.08.